The van der Waals surface area contributed by atoms with Crippen LogP contribution >= 0.6 is 0 Å². The quantitative estimate of drug-likeness (QED) is 0.845. The second-order valence-corrected chi connectivity index (χ2v) is 6.03. The van der Waals surface area contributed by atoms with Gasteiger partial charge in [-0.05, 0) is 31.0 Å². The first-order valence-corrected chi connectivity index (χ1v) is 8.38. The Morgan fingerprint density at radius 3 is 2.71 bits per heavy atom. The Morgan fingerprint density at radius 1 is 1.25 bits per heavy atom. The second-order valence-electron chi connectivity index (χ2n) is 6.03. The van der Waals surface area contributed by atoms with E-state index in [0.29, 0.717) is 5.69 Å². The molecule has 0 spiro atoms. The number of aromatic nitrogens is 2. The van der Waals surface area contributed by atoms with E-state index >= 15 is 0 Å². The van der Waals surface area contributed by atoms with Crippen molar-refractivity contribution in [3.8, 4) is 6.07 Å². The molecule has 0 radical (unpaired) electrons. The highest BCUT2D eigenvalue weighted by Gasteiger charge is 2.20. The van der Waals surface area contributed by atoms with Gasteiger partial charge in [0.1, 0.15) is 17.4 Å². The monoisotopic (exact) mass is 327 g/mol. The Kier molecular flexibility index (Phi) is 5.11. The molecule has 0 bridgehead atoms. The van der Waals surface area contributed by atoms with E-state index in [9.17, 15) is 9.65 Å². The predicted octanol–water partition coefficient (Wildman–Crippen LogP) is 2.28. The van der Waals surface area contributed by atoms with Crippen molar-refractivity contribution in [2.24, 2.45) is 0 Å². The van der Waals surface area contributed by atoms with E-state index in [-0.39, 0.29) is 5.56 Å². The van der Waals surface area contributed by atoms with E-state index in [4.69, 9.17) is 0 Å². The number of hydrogen-bond donors (Lipinski definition) is 0. The van der Waals surface area contributed by atoms with Crippen LogP contribution in [0.5, 0.6) is 0 Å². The van der Waals surface area contributed by atoms with Crippen LogP contribution in [0.4, 0.5) is 10.1 Å². The average molecular weight is 327 g/mol. The molecule has 126 valence electrons. The topological polar surface area (TPSA) is 48.1 Å². The first-order valence-electron chi connectivity index (χ1n) is 8.38. The summed E-state index contributed by atoms with van der Waals surface area (Å²) in [6.07, 6.45) is 5.03. The Hall–Kier alpha value is -2.39. The predicted molar refractivity (Wildman–Crippen MR) is 91.4 cm³/mol. The van der Waals surface area contributed by atoms with Crippen LogP contribution in [0.25, 0.3) is 0 Å². The van der Waals surface area contributed by atoms with Crippen molar-refractivity contribution >= 4 is 5.69 Å². The molecule has 1 aromatic heterocycles. The maximum absolute atomic E-state index is 13.8. The molecule has 1 saturated heterocycles. The van der Waals surface area contributed by atoms with Gasteiger partial charge in [0.2, 0.25) is 0 Å². The molecule has 0 unspecified atom stereocenters. The third-order valence-electron chi connectivity index (χ3n) is 4.54. The lowest BCUT2D eigenvalue weighted by Gasteiger charge is -2.36. The van der Waals surface area contributed by atoms with Gasteiger partial charge < -0.3 is 4.90 Å². The van der Waals surface area contributed by atoms with Crippen molar-refractivity contribution in [3.63, 3.8) is 0 Å². The lowest BCUT2D eigenvalue weighted by atomic mass is 10.1. The highest BCUT2D eigenvalue weighted by Crippen LogP contribution is 2.23. The summed E-state index contributed by atoms with van der Waals surface area (Å²) in [6.45, 7) is 7.44. The summed E-state index contributed by atoms with van der Waals surface area (Å²) < 4.78 is 15.7. The van der Waals surface area contributed by atoms with Crippen LogP contribution < -0.4 is 4.90 Å². The summed E-state index contributed by atoms with van der Waals surface area (Å²) in [5, 5.41) is 13.5. The number of aryl methyl sites for hydroxylation is 1. The Balaban J connectivity index is 1.54. The number of benzene rings is 1. The van der Waals surface area contributed by atoms with E-state index in [1.165, 1.54) is 11.6 Å². The lowest BCUT2D eigenvalue weighted by Crippen LogP contribution is -2.47. The van der Waals surface area contributed by atoms with Crippen LogP contribution in [-0.2, 0) is 13.0 Å². The first kappa shape index (κ1) is 16.5. The van der Waals surface area contributed by atoms with Gasteiger partial charge in [-0.2, -0.15) is 10.4 Å². The largest absolute Gasteiger partial charge is 0.368 e. The van der Waals surface area contributed by atoms with E-state index in [1.807, 2.05) is 23.0 Å². The zero-order valence-corrected chi connectivity index (χ0v) is 14.0. The van der Waals surface area contributed by atoms with Crippen LogP contribution in [0.1, 0.15) is 18.1 Å². The molecule has 2 heterocycles. The normalized spacial score (nSPS) is 15.5. The molecule has 3 rings (SSSR count). The number of nitrogens with zero attached hydrogens (tertiary/aromatic N) is 5. The van der Waals surface area contributed by atoms with Crippen molar-refractivity contribution in [1.29, 1.82) is 5.26 Å². The summed E-state index contributed by atoms with van der Waals surface area (Å²) in [6, 6.07) is 6.83. The molecule has 1 aromatic carbocycles. The molecule has 0 amide bonds. The molecule has 1 fully saturated rings. The summed E-state index contributed by atoms with van der Waals surface area (Å²) in [4.78, 5) is 4.51. The van der Waals surface area contributed by atoms with Crippen LogP contribution in [0.15, 0.2) is 30.6 Å². The molecule has 6 heteroatoms. The SMILES string of the molecule is CCn1cc(CCN2CCN(c3cccc(F)c3C#N)CC2)cn1. The number of hydrogen-bond acceptors (Lipinski definition) is 4. The van der Waals surface area contributed by atoms with Gasteiger partial charge >= 0.3 is 0 Å². The van der Waals surface area contributed by atoms with E-state index in [2.05, 4.69) is 28.0 Å². The number of piperazine rings is 1. The fourth-order valence-corrected chi connectivity index (χ4v) is 3.09. The van der Waals surface area contributed by atoms with Crippen molar-refractivity contribution in [1.82, 2.24) is 14.7 Å². The van der Waals surface area contributed by atoms with Gasteiger partial charge in [-0.15, -0.1) is 0 Å². The molecule has 24 heavy (non-hydrogen) atoms. The lowest BCUT2D eigenvalue weighted by molar-refractivity contribution is 0.261. The molecular weight excluding hydrogens is 305 g/mol. The minimum atomic E-state index is -0.439. The molecule has 1 aliphatic heterocycles. The number of rotatable bonds is 5. The van der Waals surface area contributed by atoms with Gasteiger partial charge in [-0.3, -0.25) is 9.58 Å². The fraction of sp³-hybridized carbons (Fsp3) is 0.444. The molecule has 0 aliphatic carbocycles. The van der Waals surface area contributed by atoms with Crippen molar-refractivity contribution < 1.29 is 4.39 Å². The van der Waals surface area contributed by atoms with Gasteiger partial charge in [0.05, 0.1) is 11.9 Å². The van der Waals surface area contributed by atoms with Gasteiger partial charge in [-0.1, -0.05) is 6.07 Å². The van der Waals surface area contributed by atoms with Crippen molar-refractivity contribution in [2.45, 2.75) is 19.9 Å². The molecule has 1 aliphatic rings. The van der Waals surface area contributed by atoms with Crippen LogP contribution in [0.3, 0.4) is 0 Å². The van der Waals surface area contributed by atoms with Gasteiger partial charge in [0.15, 0.2) is 0 Å². The molecule has 0 saturated carbocycles. The van der Waals surface area contributed by atoms with Gasteiger partial charge in [0, 0.05) is 45.5 Å². The van der Waals surface area contributed by atoms with E-state index < -0.39 is 5.82 Å². The molecule has 0 N–H and O–H groups in total. The van der Waals surface area contributed by atoms with Gasteiger partial charge in [-0.25, -0.2) is 4.39 Å². The third-order valence-corrected chi connectivity index (χ3v) is 4.54. The van der Waals surface area contributed by atoms with E-state index in [1.54, 1.807) is 6.07 Å². The standard InChI is InChI=1S/C18H22FN5/c1-2-24-14-15(13-21-24)6-7-22-8-10-23(11-9-22)18-5-3-4-17(19)16(18)12-20/h3-5,13-14H,2,6-11H2,1H3. The van der Waals surface area contributed by atoms with Gasteiger partial charge in [0.25, 0.3) is 0 Å². The summed E-state index contributed by atoms with van der Waals surface area (Å²) >= 11 is 0. The number of anilines is 1. The summed E-state index contributed by atoms with van der Waals surface area (Å²) in [5.74, 6) is -0.439. The highest BCUT2D eigenvalue weighted by molar-refractivity contribution is 5.60. The summed E-state index contributed by atoms with van der Waals surface area (Å²) in [7, 11) is 0. The van der Waals surface area contributed by atoms with Crippen molar-refractivity contribution in [2.75, 3.05) is 37.6 Å². The maximum atomic E-state index is 13.8. The minimum absolute atomic E-state index is 0.151. The highest BCUT2D eigenvalue weighted by atomic mass is 19.1. The smallest absolute Gasteiger partial charge is 0.143 e. The van der Waals surface area contributed by atoms with Crippen molar-refractivity contribution in [3.05, 3.63) is 47.5 Å². The zero-order chi connectivity index (χ0) is 16.9. The van der Waals surface area contributed by atoms with E-state index in [0.717, 1.165) is 45.7 Å². The Labute approximate surface area is 141 Å². The minimum Gasteiger partial charge on any atom is -0.368 e. The molecule has 0 atom stereocenters. The van der Waals surface area contributed by atoms with Crippen LogP contribution in [-0.4, -0.2) is 47.4 Å². The maximum Gasteiger partial charge on any atom is 0.143 e. The van der Waals surface area contributed by atoms with Crippen LogP contribution in [0.2, 0.25) is 0 Å². The molecular formula is C18H22FN5. The summed E-state index contributed by atoms with van der Waals surface area (Å²) in [5.41, 5.74) is 2.12. The number of nitriles is 1. The Bertz CT molecular complexity index is 725. The third kappa shape index (κ3) is 3.57. The molecule has 2 aromatic rings. The Morgan fingerprint density at radius 2 is 2.04 bits per heavy atom. The second kappa shape index (κ2) is 7.45. The molecule has 5 nitrogen and oxygen atoms in total. The fourth-order valence-electron chi connectivity index (χ4n) is 3.09. The average Bonchev–Trinajstić information content (AvgIpc) is 3.08. The zero-order valence-electron chi connectivity index (χ0n) is 14.0. The first-order chi connectivity index (χ1) is 11.7. The number of halogens is 1. The van der Waals surface area contributed by atoms with Crippen LogP contribution in [0, 0.1) is 17.1 Å².